The Kier molecular flexibility index (Phi) is 4.55. The molecule has 112 valence electrons. The van der Waals surface area contributed by atoms with Crippen molar-refractivity contribution in [1.82, 2.24) is 4.98 Å². The molecule has 0 spiro atoms. The summed E-state index contributed by atoms with van der Waals surface area (Å²) in [5, 5.41) is 3.00. The van der Waals surface area contributed by atoms with Gasteiger partial charge >= 0.3 is 0 Å². The lowest BCUT2D eigenvalue weighted by atomic mass is 10.2. The second-order valence-corrected chi connectivity index (χ2v) is 6.68. The number of anilines is 1. The molecule has 0 unspecified atom stereocenters. The van der Waals surface area contributed by atoms with E-state index in [9.17, 15) is 4.39 Å². The Labute approximate surface area is 141 Å². The fourth-order valence-corrected chi connectivity index (χ4v) is 3.39. The Bertz CT molecular complexity index is 773. The molecule has 1 aromatic heterocycles. The minimum absolute atomic E-state index is 0.244. The monoisotopic (exact) mass is 376 g/mol. The van der Waals surface area contributed by atoms with Crippen LogP contribution in [-0.2, 0) is 6.54 Å². The van der Waals surface area contributed by atoms with Crippen LogP contribution in [0.15, 0.2) is 58.4 Å². The largest absolute Gasteiger partial charge is 0.347 e. The summed E-state index contributed by atoms with van der Waals surface area (Å²) < 4.78 is 13.8. The number of benzene rings is 2. The minimum Gasteiger partial charge on any atom is -0.347 e. The highest BCUT2D eigenvalue weighted by molar-refractivity contribution is 9.10. The third kappa shape index (κ3) is 3.36. The van der Waals surface area contributed by atoms with E-state index in [-0.39, 0.29) is 5.82 Å². The molecular weight excluding hydrogens is 363 g/mol. The van der Waals surface area contributed by atoms with E-state index in [1.54, 1.807) is 23.5 Å². The van der Waals surface area contributed by atoms with Gasteiger partial charge in [0.1, 0.15) is 5.82 Å². The molecule has 0 aliphatic carbocycles. The van der Waals surface area contributed by atoms with Crippen LogP contribution in [0.3, 0.4) is 0 Å². The van der Waals surface area contributed by atoms with E-state index in [0.717, 1.165) is 22.0 Å². The fraction of sp³-hybridized carbons (Fsp3) is 0.118. The second-order valence-electron chi connectivity index (χ2n) is 4.99. The normalized spacial score (nSPS) is 10.7. The van der Waals surface area contributed by atoms with Gasteiger partial charge in [-0.3, -0.25) is 0 Å². The van der Waals surface area contributed by atoms with Gasteiger partial charge in [0.25, 0.3) is 0 Å². The first-order chi connectivity index (χ1) is 10.6. The maximum Gasteiger partial charge on any atom is 0.185 e. The zero-order valence-electron chi connectivity index (χ0n) is 12.0. The number of thiazole rings is 1. The van der Waals surface area contributed by atoms with Crippen molar-refractivity contribution in [3.8, 4) is 11.3 Å². The van der Waals surface area contributed by atoms with E-state index in [0.29, 0.717) is 11.0 Å². The first-order valence-electron chi connectivity index (χ1n) is 6.79. The molecule has 3 aromatic rings. The molecule has 0 saturated heterocycles. The van der Waals surface area contributed by atoms with Crippen molar-refractivity contribution in [3.63, 3.8) is 0 Å². The van der Waals surface area contributed by atoms with Gasteiger partial charge < -0.3 is 4.90 Å². The van der Waals surface area contributed by atoms with Crippen molar-refractivity contribution in [2.75, 3.05) is 11.9 Å². The van der Waals surface area contributed by atoms with Crippen molar-refractivity contribution < 1.29 is 4.39 Å². The zero-order valence-corrected chi connectivity index (χ0v) is 14.4. The molecule has 0 N–H and O–H groups in total. The highest BCUT2D eigenvalue weighted by Gasteiger charge is 2.10. The van der Waals surface area contributed by atoms with Gasteiger partial charge in [-0.2, -0.15) is 0 Å². The summed E-state index contributed by atoms with van der Waals surface area (Å²) in [5.74, 6) is -0.244. The molecule has 22 heavy (non-hydrogen) atoms. The van der Waals surface area contributed by atoms with Crippen molar-refractivity contribution in [2.45, 2.75) is 6.54 Å². The number of nitrogens with zero attached hydrogens (tertiary/aromatic N) is 2. The van der Waals surface area contributed by atoms with Crippen molar-refractivity contribution >= 4 is 32.4 Å². The van der Waals surface area contributed by atoms with Crippen LogP contribution < -0.4 is 4.90 Å². The first kappa shape index (κ1) is 15.2. The molecule has 0 saturated carbocycles. The zero-order chi connectivity index (χ0) is 15.5. The van der Waals surface area contributed by atoms with Crippen molar-refractivity contribution in [1.29, 1.82) is 0 Å². The lowest BCUT2D eigenvalue weighted by molar-refractivity contribution is 0.620. The molecule has 0 fully saturated rings. The van der Waals surface area contributed by atoms with Crippen LogP contribution >= 0.6 is 27.3 Å². The van der Waals surface area contributed by atoms with E-state index in [2.05, 4.69) is 43.3 Å². The van der Waals surface area contributed by atoms with Crippen LogP contribution in [-0.4, -0.2) is 12.0 Å². The Hall–Kier alpha value is -1.72. The van der Waals surface area contributed by atoms with Crippen LogP contribution in [0.5, 0.6) is 0 Å². The maximum atomic E-state index is 13.3. The van der Waals surface area contributed by atoms with Crippen LogP contribution in [0, 0.1) is 5.82 Å². The van der Waals surface area contributed by atoms with E-state index < -0.39 is 0 Å². The van der Waals surface area contributed by atoms with E-state index in [1.165, 1.54) is 6.07 Å². The van der Waals surface area contributed by atoms with Gasteiger partial charge in [-0.05, 0) is 33.6 Å². The highest BCUT2D eigenvalue weighted by Crippen LogP contribution is 2.28. The minimum atomic E-state index is -0.244. The number of aromatic nitrogens is 1. The van der Waals surface area contributed by atoms with Gasteiger partial charge in [0, 0.05) is 24.5 Å². The number of rotatable bonds is 4. The van der Waals surface area contributed by atoms with E-state index in [1.807, 2.05) is 25.2 Å². The van der Waals surface area contributed by atoms with E-state index in [4.69, 9.17) is 0 Å². The number of hydrogen-bond donors (Lipinski definition) is 0. The van der Waals surface area contributed by atoms with Gasteiger partial charge in [0.2, 0.25) is 0 Å². The molecular formula is C17H14BrFN2S. The average molecular weight is 377 g/mol. The molecule has 0 aliphatic rings. The van der Waals surface area contributed by atoms with Gasteiger partial charge in [-0.15, -0.1) is 11.3 Å². The third-order valence-electron chi connectivity index (χ3n) is 3.29. The predicted octanol–water partition coefficient (Wildman–Crippen LogP) is 5.35. The fourth-order valence-electron chi connectivity index (χ4n) is 2.16. The molecule has 5 heteroatoms. The molecule has 0 aliphatic heterocycles. The summed E-state index contributed by atoms with van der Waals surface area (Å²) in [6.45, 7) is 0.681. The van der Waals surface area contributed by atoms with Crippen molar-refractivity contribution in [3.05, 3.63) is 69.8 Å². The molecule has 2 nitrogen and oxygen atoms in total. The average Bonchev–Trinajstić information content (AvgIpc) is 3.02. The summed E-state index contributed by atoms with van der Waals surface area (Å²) in [5.41, 5.74) is 3.13. The second kappa shape index (κ2) is 6.58. The Morgan fingerprint density at radius 2 is 1.95 bits per heavy atom. The third-order valence-corrected chi connectivity index (χ3v) is 4.85. The topological polar surface area (TPSA) is 16.1 Å². The standard InChI is InChI=1S/C17H14BrFN2S/c1-21(10-12-7-8-15(19)14(18)9-12)17-20-16(11-22-17)13-5-3-2-4-6-13/h2-9,11H,10H2,1H3. The van der Waals surface area contributed by atoms with Crippen LogP contribution in [0.4, 0.5) is 9.52 Å². The van der Waals surface area contributed by atoms with E-state index >= 15 is 0 Å². The quantitative estimate of drug-likeness (QED) is 0.610. The van der Waals surface area contributed by atoms with Crippen molar-refractivity contribution in [2.24, 2.45) is 0 Å². The SMILES string of the molecule is CN(Cc1ccc(F)c(Br)c1)c1nc(-c2ccccc2)cs1. The first-order valence-corrected chi connectivity index (χ1v) is 8.47. The number of hydrogen-bond acceptors (Lipinski definition) is 3. The van der Waals surface area contributed by atoms with Gasteiger partial charge in [0.15, 0.2) is 5.13 Å². The summed E-state index contributed by atoms with van der Waals surface area (Å²) in [4.78, 5) is 6.74. The van der Waals surface area contributed by atoms with Crippen LogP contribution in [0.2, 0.25) is 0 Å². The van der Waals surface area contributed by atoms with Gasteiger partial charge in [-0.25, -0.2) is 9.37 Å². The summed E-state index contributed by atoms with van der Waals surface area (Å²) in [6, 6.07) is 15.2. The van der Waals surface area contributed by atoms with Crippen LogP contribution in [0.25, 0.3) is 11.3 Å². The Balaban J connectivity index is 1.77. The molecule has 2 aromatic carbocycles. The lowest BCUT2D eigenvalue weighted by Gasteiger charge is -2.16. The Morgan fingerprint density at radius 1 is 1.18 bits per heavy atom. The molecule has 1 heterocycles. The molecule has 0 radical (unpaired) electrons. The summed E-state index contributed by atoms with van der Waals surface area (Å²) >= 11 is 4.83. The molecule has 0 atom stereocenters. The molecule has 0 amide bonds. The van der Waals surface area contributed by atoms with Gasteiger partial charge in [-0.1, -0.05) is 36.4 Å². The predicted molar refractivity (Wildman–Crippen MR) is 93.8 cm³/mol. The lowest BCUT2D eigenvalue weighted by Crippen LogP contribution is -2.16. The Morgan fingerprint density at radius 3 is 2.68 bits per heavy atom. The molecule has 0 bridgehead atoms. The molecule has 3 rings (SSSR count). The van der Waals surface area contributed by atoms with Gasteiger partial charge in [0.05, 0.1) is 10.2 Å². The maximum absolute atomic E-state index is 13.3. The number of halogens is 2. The summed E-state index contributed by atoms with van der Waals surface area (Å²) in [6.07, 6.45) is 0. The smallest absolute Gasteiger partial charge is 0.185 e. The summed E-state index contributed by atoms with van der Waals surface area (Å²) in [7, 11) is 1.99. The van der Waals surface area contributed by atoms with Crippen LogP contribution in [0.1, 0.15) is 5.56 Å². The highest BCUT2D eigenvalue weighted by atomic mass is 79.9.